The second-order valence-electron chi connectivity index (χ2n) is 5.87. The molecule has 0 saturated heterocycles. The number of rotatable bonds is 8. The molecule has 0 radical (unpaired) electrons. The van der Waals surface area contributed by atoms with Crippen molar-refractivity contribution in [2.24, 2.45) is 17.6 Å². The summed E-state index contributed by atoms with van der Waals surface area (Å²) in [5.41, 5.74) is 5.90. The van der Waals surface area contributed by atoms with Crippen molar-refractivity contribution in [2.75, 3.05) is 26.4 Å². The van der Waals surface area contributed by atoms with Gasteiger partial charge in [-0.3, -0.25) is 0 Å². The number of hydrogen-bond donors (Lipinski definition) is 1. The van der Waals surface area contributed by atoms with Crippen LogP contribution in [0.15, 0.2) is 0 Å². The topological polar surface area (TPSA) is 44.5 Å². The number of hydrogen-bond acceptors (Lipinski definition) is 3. The van der Waals surface area contributed by atoms with E-state index in [1.807, 2.05) is 6.92 Å². The van der Waals surface area contributed by atoms with Crippen LogP contribution >= 0.6 is 0 Å². The smallest absolute Gasteiger partial charge is 0.0804 e. The van der Waals surface area contributed by atoms with Gasteiger partial charge in [0, 0.05) is 26.4 Å². The van der Waals surface area contributed by atoms with Crippen molar-refractivity contribution in [3.63, 3.8) is 0 Å². The van der Waals surface area contributed by atoms with Crippen LogP contribution in [0.3, 0.4) is 0 Å². The lowest BCUT2D eigenvalue weighted by atomic mass is 9.74. The van der Waals surface area contributed by atoms with Crippen LogP contribution in [0.2, 0.25) is 0 Å². The van der Waals surface area contributed by atoms with Gasteiger partial charge in [0.05, 0.1) is 5.60 Å². The first kappa shape index (κ1) is 15.9. The minimum Gasteiger partial charge on any atom is -0.382 e. The lowest BCUT2D eigenvalue weighted by Gasteiger charge is -2.40. The van der Waals surface area contributed by atoms with Gasteiger partial charge in [0.15, 0.2) is 0 Å². The summed E-state index contributed by atoms with van der Waals surface area (Å²) in [5, 5.41) is 0. The SMILES string of the molecule is CCOCCCOC1(CN)CCC(C(C)C)CC1. The van der Waals surface area contributed by atoms with Crippen LogP contribution in [0, 0.1) is 11.8 Å². The van der Waals surface area contributed by atoms with E-state index < -0.39 is 0 Å². The van der Waals surface area contributed by atoms with E-state index in [-0.39, 0.29) is 5.60 Å². The van der Waals surface area contributed by atoms with Gasteiger partial charge in [-0.1, -0.05) is 13.8 Å². The molecule has 1 aliphatic rings. The van der Waals surface area contributed by atoms with Crippen molar-refractivity contribution in [3.8, 4) is 0 Å². The highest BCUT2D eigenvalue weighted by Crippen LogP contribution is 2.37. The molecule has 1 saturated carbocycles. The Morgan fingerprint density at radius 2 is 1.89 bits per heavy atom. The van der Waals surface area contributed by atoms with E-state index in [1.54, 1.807) is 0 Å². The van der Waals surface area contributed by atoms with E-state index in [0.29, 0.717) is 6.54 Å². The Balaban J connectivity index is 2.27. The molecule has 0 aromatic carbocycles. The fraction of sp³-hybridized carbons (Fsp3) is 1.00. The molecule has 1 rings (SSSR count). The quantitative estimate of drug-likeness (QED) is 0.680. The van der Waals surface area contributed by atoms with E-state index in [1.165, 1.54) is 12.8 Å². The highest BCUT2D eigenvalue weighted by Gasteiger charge is 2.35. The third-order valence-corrected chi connectivity index (χ3v) is 4.30. The molecule has 1 aliphatic carbocycles. The Labute approximate surface area is 112 Å². The summed E-state index contributed by atoms with van der Waals surface area (Å²) in [6.45, 7) is 9.70. The standard InChI is InChI=1S/C15H31NO2/c1-4-17-10-5-11-18-15(12-16)8-6-14(7-9-15)13(2)3/h13-14H,4-12,16H2,1-3H3. The van der Waals surface area contributed by atoms with Gasteiger partial charge in [0.2, 0.25) is 0 Å². The van der Waals surface area contributed by atoms with Gasteiger partial charge in [-0.15, -0.1) is 0 Å². The predicted molar refractivity (Wildman–Crippen MR) is 75.6 cm³/mol. The summed E-state index contributed by atoms with van der Waals surface area (Å²) >= 11 is 0. The maximum absolute atomic E-state index is 6.09. The molecule has 0 aromatic rings. The summed E-state index contributed by atoms with van der Waals surface area (Å²) in [7, 11) is 0. The summed E-state index contributed by atoms with van der Waals surface area (Å²) in [6, 6.07) is 0. The maximum atomic E-state index is 6.09. The molecule has 18 heavy (non-hydrogen) atoms. The van der Waals surface area contributed by atoms with Crippen molar-refractivity contribution in [1.29, 1.82) is 0 Å². The van der Waals surface area contributed by atoms with E-state index in [0.717, 1.165) is 50.9 Å². The summed E-state index contributed by atoms with van der Waals surface area (Å²) in [5.74, 6) is 1.65. The predicted octanol–water partition coefficient (Wildman–Crippen LogP) is 2.97. The van der Waals surface area contributed by atoms with Gasteiger partial charge >= 0.3 is 0 Å². The van der Waals surface area contributed by atoms with Crippen molar-refractivity contribution in [1.82, 2.24) is 0 Å². The molecular formula is C15H31NO2. The third-order valence-electron chi connectivity index (χ3n) is 4.30. The van der Waals surface area contributed by atoms with Crippen LogP contribution in [0.5, 0.6) is 0 Å². The molecule has 0 bridgehead atoms. The molecular weight excluding hydrogens is 226 g/mol. The molecule has 108 valence electrons. The van der Waals surface area contributed by atoms with Gasteiger partial charge < -0.3 is 15.2 Å². The first-order valence-corrected chi connectivity index (χ1v) is 7.55. The molecule has 1 fully saturated rings. The summed E-state index contributed by atoms with van der Waals surface area (Å²) in [4.78, 5) is 0. The minimum absolute atomic E-state index is 0.0440. The Bertz CT molecular complexity index is 211. The molecule has 0 atom stereocenters. The van der Waals surface area contributed by atoms with Crippen LogP contribution < -0.4 is 5.73 Å². The molecule has 0 aliphatic heterocycles. The lowest BCUT2D eigenvalue weighted by Crippen LogP contribution is -2.44. The molecule has 0 amide bonds. The maximum Gasteiger partial charge on any atom is 0.0804 e. The van der Waals surface area contributed by atoms with Crippen molar-refractivity contribution in [2.45, 2.75) is 58.5 Å². The first-order chi connectivity index (χ1) is 8.63. The molecule has 3 nitrogen and oxygen atoms in total. The van der Waals surface area contributed by atoms with Crippen molar-refractivity contribution >= 4 is 0 Å². The van der Waals surface area contributed by atoms with Gasteiger partial charge in [0.25, 0.3) is 0 Å². The molecule has 0 spiro atoms. The van der Waals surface area contributed by atoms with Crippen LogP contribution in [-0.4, -0.2) is 32.0 Å². The van der Waals surface area contributed by atoms with Crippen LogP contribution in [0.1, 0.15) is 52.9 Å². The molecule has 2 N–H and O–H groups in total. The molecule has 0 unspecified atom stereocenters. The minimum atomic E-state index is -0.0440. The molecule has 0 heterocycles. The van der Waals surface area contributed by atoms with E-state index in [4.69, 9.17) is 15.2 Å². The average molecular weight is 257 g/mol. The normalized spacial score (nSPS) is 28.8. The summed E-state index contributed by atoms with van der Waals surface area (Å²) < 4.78 is 11.4. The Hall–Kier alpha value is -0.120. The zero-order valence-electron chi connectivity index (χ0n) is 12.4. The second kappa shape index (κ2) is 8.13. The van der Waals surface area contributed by atoms with Gasteiger partial charge in [-0.2, -0.15) is 0 Å². The fourth-order valence-electron chi connectivity index (χ4n) is 2.83. The van der Waals surface area contributed by atoms with Crippen molar-refractivity contribution in [3.05, 3.63) is 0 Å². The van der Waals surface area contributed by atoms with E-state index >= 15 is 0 Å². The van der Waals surface area contributed by atoms with Gasteiger partial charge in [-0.05, 0) is 50.9 Å². The van der Waals surface area contributed by atoms with E-state index in [9.17, 15) is 0 Å². The highest BCUT2D eigenvalue weighted by atomic mass is 16.5. The second-order valence-corrected chi connectivity index (χ2v) is 5.87. The summed E-state index contributed by atoms with van der Waals surface area (Å²) in [6.07, 6.45) is 5.76. The first-order valence-electron chi connectivity index (χ1n) is 7.55. The molecule has 0 aromatic heterocycles. The number of nitrogens with two attached hydrogens (primary N) is 1. The van der Waals surface area contributed by atoms with Crippen molar-refractivity contribution < 1.29 is 9.47 Å². The third kappa shape index (κ3) is 4.87. The zero-order valence-corrected chi connectivity index (χ0v) is 12.4. The number of ether oxygens (including phenoxy) is 2. The fourth-order valence-corrected chi connectivity index (χ4v) is 2.83. The highest BCUT2D eigenvalue weighted by molar-refractivity contribution is 4.89. The Morgan fingerprint density at radius 3 is 2.39 bits per heavy atom. The average Bonchev–Trinajstić information content (AvgIpc) is 2.39. The van der Waals surface area contributed by atoms with Gasteiger partial charge in [0.1, 0.15) is 0 Å². The molecule has 3 heteroatoms. The monoisotopic (exact) mass is 257 g/mol. The van der Waals surface area contributed by atoms with Crippen LogP contribution in [-0.2, 0) is 9.47 Å². The lowest BCUT2D eigenvalue weighted by molar-refractivity contribution is -0.0791. The van der Waals surface area contributed by atoms with Gasteiger partial charge in [-0.25, -0.2) is 0 Å². The zero-order chi connectivity index (χ0) is 13.4. The largest absolute Gasteiger partial charge is 0.382 e. The van der Waals surface area contributed by atoms with Crippen LogP contribution in [0.25, 0.3) is 0 Å². The van der Waals surface area contributed by atoms with E-state index in [2.05, 4.69) is 13.8 Å². The van der Waals surface area contributed by atoms with Crippen LogP contribution in [0.4, 0.5) is 0 Å². The Morgan fingerprint density at radius 1 is 1.22 bits per heavy atom. The Kier molecular flexibility index (Phi) is 7.20.